The van der Waals surface area contributed by atoms with Crippen molar-refractivity contribution >= 4 is 0 Å². The molecule has 0 aliphatic carbocycles. The molecular formula is C11H18N2O3. The van der Waals surface area contributed by atoms with Crippen LogP contribution in [0.4, 0.5) is 0 Å². The van der Waals surface area contributed by atoms with E-state index in [4.69, 9.17) is 4.74 Å². The van der Waals surface area contributed by atoms with Crippen LogP contribution in [0.25, 0.3) is 0 Å². The summed E-state index contributed by atoms with van der Waals surface area (Å²) in [5.41, 5.74) is -0.821. The SMILES string of the molecule is CCC(CC)COCn1ccc(=O)[nH]c1=O. The number of H-pyrrole nitrogens is 1. The van der Waals surface area contributed by atoms with Crippen molar-refractivity contribution in [2.75, 3.05) is 6.61 Å². The van der Waals surface area contributed by atoms with E-state index in [1.165, 1.54) is 16.8 Å². The van der Waals surface area contributed by atoms with E-state index in [1.807, 2.05) is 0 Å². The molecule has 0 aliphatic rings. The molecule has 0 unspecified atom stereocenters. The predicted octanol–water partition coefficient (Wildman–Crippen LogP) is 0.947. The van der Waals surface area contributed by atoms with Crippen molar-refractivity contribution in [2.24, 2.45) is 5.92 Å². The Kier molecular flexibility index (Phi) is 4.98. The highest BCUT2D eigenvalue weighted by Crippen LogP contribution is 2.07. The molecule has 1 N–H and O–H groups in total. The Labute approximate surface area is 94.1 Å². The Morgan fingerprint density at radius 2 is 2.06 bits per heavy atom. The van der Waals surface area contributed by atoms with Gasteiger partial charge in [0, 0.05) is 12.3 Å². The lowest BCUT2D eigenvalue weighted by molar-refractivity contribution is 0.0451. The average Bonchev–Trinajstić information content (AvgIpc) is 2.27. The van der Waals surface area contributed by atoms with Crippen LogP contribution in [0.5, 0.6) is 0 Å². The summed E-state index contributed by atoms with van der Waals surface area (Å²) < 4.78 is 6.76. The van der Waals surface area contributed by atoms with Gasteiger partial charge in [0.2, 0.25) is 0 Å². The minimum atomic E-state index is -0.433. The minimum absolute atomic E-state index is 0.187. The van der Waals surface area contributed by atoms with Crippen molar-refractivity contribution in [3.8, 4) is 0 Å². The van der Waals surface area contributed by atoms with E-state index in [0.29, 0.717) is 12.5 Å². The third kappa shape index (κ3) is 3.66. The summed E-state index contributed by atoms with van der Waals surface area (Å²) in [6.45, 7) is 5.05. The first-order valence-corrected chi connectivity index (χ1v) is 5.54. The number of aromatic nitrogens is 2. The smallest absolute Gasteiger partial charge is 0.330 e. The normalized spacial score (nSPS) is 10.9. The molecular weight excluding hydrogens is 208 g/mol. The first kappa shape index (κ1) is 12.7. The molecule has 90 valence electrons. The van der Waals surface area contributed by atoms with E-state index in [-0.39, 0.29) is 12.3 Å². The molecule has 1 aromatic rings. The van der Waals surface area contributed by atoms with Crippen LogP contribution in [0.2, 0.25) is 0 Å². The molecule has 16 heavy (non-hydrogen) atoms. The zero-order valence-electron chi connectivity index (χ0n) is 9.73. The molecule has 5 heteroatoms. The lowest BCUT2D eigenvalue weighted by Gasteiger charge is -2.13. The van der Waals surface area contributed by atoms with Gasteiger partial charge in [0.1, 0.15) is 6.73 Å². The molecule has 0 aromatic carbocycles. The molecule has 0 atom stereocenters. The van der Waals surface area contributed by atoms with Gasteiger partial charge in [0.15, 0.2) is 0 Å². The predicted molar refractivity (Wildman–Crippen MR) is 61.3 cm³/mol. The van der Waals surface area contributed by atoms with Crippen LogP contribution < -0.4 is 11.2 Å². The van der Waals surface area contributed by atoms with Crippen LogP contribution in [0, 0.1) is 5.92 Å². The highest BCUT2D eigenvalue weighted by Gasteiger charge is 2.03. The Balaban J connectivity index is 2.49. The Morgan fingerprint density at radius 3 is 2.62 bits per heavy atom. The van der Waals surface area contributed by atoms with Crippen molar-refractivity contribution in [2.45, 2.75) is 33.4 Å². The van der Waals surface area contributed by atoms with Gasteiger partial charge < -0.3 is 4.74 Å². The summed E-state index contributed by atoms with van der Waals surface area (Å²) in [4.78, 5) is 24.3. The number of hydrogen-bond acceptors (Lipinski definition) is 3. The summed E-state index contributed by atoms with van der Waals surface area (Å²) in [5.74, 6) is 0.526. The number of ether oxygens (including phenoxy) is 1. The molecule has 1 rings (SSSR count). The highest BCUT2D eigenvalue weighted by molar-refractivity contribution is 4.81. The van der Waals surface area contributed by atoms with E-state index in [1.54, 1.807) is 0 Å². The molecule has 0 bridgehead atoms. The number of nitrogens with one attached hydrogen (secondary N) is 1. The van der Waals surface area contributed by atoms with Crippen LogP contribution in [0.1, 0.15) is 26.7 Å². The highest BCUT2D eigenvalue weighted by atomic mass is 16.5. The third-order valence-electron chi connectivity index (χ3n) is 2.64. The summed E-state index contributed by atoms with van der Waals surface area (Å²) in [6, 6.07) is 1.31. The van der Waals surface area contributed by atoms with Crippen LogP contribution in [-0.4, -0.2) is 16.2 Å². The van der Waals surface area contributed by atoms with Gasteiger partial charge in [-0.25, -0.2) is 4.79 Å². The van der Waals surface area contributed by atoms with Crippen molar-refractivity contribution in [3.63, 3.8) is 0 Å². The third-order valence-corrected chi connectivity index (χ3v) is 2.64. The molecule has 1 heterocycles. The molecule has 0 aliphatic heterocycles. The van der Waals surface area contributed by atoms with Crippen LogP contribution >= 0.6 is 0 Å². The van der Waals surface area contributed by atoms with Crippen LogP contribution in [0.15, 0.2) is 21.9 Å². The van der Waals surface area contributed by atoms with Gasteiger partial charge in [-0.1, -0.05) is 26.7 Å². The Morgan fingerprint density at radius 1 is 1.38 bits per heavy atom. The number of aromatic amines is 1. The van der Waals surface area contributed by atoms with Gasteiger partial charge in [-0.15, -0.1) is 0 Å². The van der Waals surface area contributed by atoms with Crippen LogP contribution in [0.3, 0.4) is 0 Å². The van der Waals surface area contributed by atoms with Gasteiger partial charge in [0.05, 0.1) is 6.61 Å². The summed E-state index contributed by atoms with van der Waals surface area (Å²) in [6.07, 6.45) is 3.57. The Hall–Kier alpha value is -1.36. The van der Waals surface area contributed by atoms with E-state index < -0.39 is 5.69 Å². The summed E-state index contributed by atoms with van der Waals surface area (Å²) in [7, 11) is 0. The van der Waals surface area contributed by atoms with E-state index in [2.05, 4.69) is 18.8 Å². The van der Waals surface area contributed by atoms with Gasteiger partial charge in [0.25, 0.3) is 5.56 Å². The van der Waals surface area contributed by atoms with Gasteiger partial charge in [-0.2, -0.15) is 0 Å². The minimum Gasteiger partial charge on any atom is -0.360 e. The Bertz CT molecular complexity index is 418. The standard InChI is InChI=1S/C11H18N2O3/c1-3-9(4-2)7-16-8-13-6-5-10(14)12-11(13)15/h5-6,9H,3-4,7-8H2,1-2H3,(H,12,14,15). The fourth-order valence-corrected chi connectivity index (χ4v) is 1.39. The van der Waals surface area contributed by atoms with Crippen molar-refractivity contribution in [1.82, 2.24) is 9.55 Å². The first-order valence-electron chi connectivity index (χ1n) is 5.54. The van der Waals surface area contributed by atoms with E-state index >= 15 is 0 Å². The molecule has 0 spiro atoms. The van der Waals surface area contributed by atoms with E-state index in [9.17, 15) is 9.59 Å². The van der Waals surface area contributed by atoms with Gasteiger partial charge in [-0.3, -0.25) is 14.3 Å². The number of rotatable bonds is 6. The molecule has 1 aromatic heterocycles. The lowest BCUT2D eigenvalue weighted by Crippen LogP contribution is -2.29. The summed E-state index contributed by atoms with van der Waals surface area (Å²) >= 11 is 0. The molecule has 0 saturated heterocycles. The molecule has 0 saturated carbocycles. The quantitative estimate of drug-likeness (QED) is 0.785. The zero-order chi connectivity index (χ0) is 12.0. The fraction of sp³-hybridized carbons (Fsp3) is 0.636. The van der Waals surface area contributed by atoms with Crippen molar-refractivity contribution in [1.29, 1.82) is 0 Å². The maximum Gasteiger partial charge on any atom is 0.330 e. The molecule has 0 amide bonds. The fourth-order valence-electron chi connectivity index (χ4n) is 1.39. The van der Waals surface area contributed by atoms with Gasteiger partial charge >= 0.3 is 5.69 Å². The maximum absolute atomic E-state index is 11.3. The average molecular weight is 226 g/mol. The topological polar surface area (TPSA) is 64.1 Å². The molecule has 0 fully saturated rings. The monoisotopic (exact) mass is 226 g/mol. The van der Waals surface area contributed by atoms with E-state index in [0.717, 1.165) is 12.8 Å². The zero-order valence-corrected chi connectivity index (χ0v) is 9.73. The number of hydrogen-bond donors (Lipinski definition) is 1. The second-order valence-corrected chi connectivity index (χ2v) is 3.76. The second kappa shape index (κ2) is 6.27. The second-order valence-electron chi connectivity index (χ2n) is 3.76. The molecule has 5 nitrogen and oxygen atoms in total. The van der Waals surface area contributed by atoms with Crippen molar-refractivity contribution in [3.05, 3.63) is 33.1 Å². The van der Waals surface area contributed by atoms with Crippen molar-refractivity contribution < 1.29 is 4.74 Å². The maximum atomic E-state index is 11.3. The largest absolute Gasteiger partial charge is 0.360 e. The number of nitrogens with zero attached hydrogens (tertiary/aromatic N) is 1. The summed E-state index contributed by atoms with van der Waals surface area (Å²) in [5, 5.41) is 0. The van der Waals surface area contributed by atoms with Crippen LogP contribution in [-0.2, 0) is 11.5 Å². The lowest BCUT2D eigenvalue weighted by atomic mass is 10.1. The molecule has 0 radical (unpaired) electrons. The van der Waals surface area contributed by atoms with Gasteiger partial charge in [-0.05, 0) is 5.92 Å². The first-order chi connectivity index (χ1) is 7.67.